The van der Waals surface area contributed by atoms with Gasteiger partial charge in [-0.15, -0.1) is 6.58 Å². The van der Waals surface area contributed by atoms with Crippen LogP contribution in [0.1, 0.15) is 11.6 Å². The Kier molecular flexibility index (Phi) is 3.74. The van der Waals surface area contributed by atoms with Gasteiger partial charge in [0.25, 0.3) is 0 Å². The standard InChI is InChI=1S/C10H12INO/c1-3-10(12)8-6-7(13-2)4-5-9(8)11/h3-6,10H,1,12H2,2H3/t10-/m0/s1. The molecule has 3 heteroatoms. The maximum absolute atomic E-state index is 5.84. The third-order valence-corrected chi connectivity index (χ3v) is 2.80. The molecule has 0 unspecified atom stereocenters. The molecule has 1 aromatic carbocycles. The Morgan fingerprint density at radius 3 is 2.85 bits per heavy atom. The van der Waals surface area contributed by atoms with Crippen LogP contribution in [0, 0.1) is 3.57 Å². The molecule has 0 fully saturated rings. The highest BCUT2D eigenvalue weighted by Crippen LogP contribution is 2.24. The Labute approximate surface area is 91.9 Å². The molecule has 13 heavy (non-hydrogen) atoms. The van der Waals surface area contributed by atoms with E-state index in [0.717, 1.165) is 14.9 Å². The monoisotopic (exact) mass is 289 g/mol. The van der Waals surface area contributed by atoms with Crippen LogP contribution in [-0.2, 0) is 0 Å². The van der Waals surface area contributed by atoms with Crippen molar-refractivity contribution in [3.63, 3.8) is 0 Å². The summed E-state index contributed by atoms with van der Waals surface area (Å²) in [5.74, 6) is 0.827. The van der Waals surface area contributed by atoms with Crippen molar-refractivity contribution in [3.8, 4) is 5.75 Å². The summed E-state index contributed by atoms with van der Waals surface area (Å²) in [6.45, 7) is 3.66. The predicted octanol–water partition coefficient (Wildman–Crippen LogP) is 2.49. The first-order chi connectivity index (χ1) is 6.19. The van der Waals surface area contributed by atoms with Gasteiger partial charge in [-0.1, -0.05) is 6.08 Å². The van der Waals surface area contributed by atoms with Crippen LogP contribution in [-0.4, -0.2) is 7.11 Å². The summed E-state index contributed by atoms with van der Waals surface area (Å²) in [5.41, 5.74) is 6.89. The van der Waals surface area contributed by atoms with Gasteiger partial charge in [-0.3, -0.25) is 0 Å². The molecule has 0 heterocycles. The van der Waals surface area contributed by atoms with E-state index in [4.69, 9.17) is 10.5 Å². The van der Waals surface area contributed by atoms with Crippen LogP contribution in [0.4, 0.5) is 0 Å². The van der Waals surface area contributed by atoms with Crippen LogP contribution in [0.15, 0.2) is 30.9 Å². The molecule has 0 saturated heterocycles. The molecule has 70 valence electrons. The molecule has 0 aliphatic rings. The minimum absolute atomic E-state index is 0.123. The third kappa shape index (κ3) is 2.45. The lowest BCUT2D eigenvalue weighted by Crippen LogP contribution is -2.08. The van der Waals surface area contributed by atoms with E-state index >= 15 is 0 Å². The Morgan fingerprint density at radius 1 is 1.62 bits per heavy atom. The maximum Gasteiger partial charge on any atom is 0.119 e. The van der Waals surface area contributed by atoms with Crippen molar-refractivity contribution in [2.75, 3.05) is 7.11 Å². The molecule has 0 amide bonds. The first-order valence-corrected chi connectivity index (χ1v) is 4.98. The number of nitrogens with two attached hydrogens (primary N) is 1. The van der Waals surface area contributed by atoms with Crippen molar-refractivity contribution in [1.29, 1.82) is 0 Å². The van der Waals surface area contributed by atoms with Crippen molar-refractivity contribution in [2.24, 2.45) is 5.73 Å². The van der Waals surface area contributed by atoms with Crippen molar-refractivity contribution < 1.29 is 4.74 Å². The number of halogens is 1. The van der Waals surface area contributed by atoms with E-state index in [9.17, 15) is 0 Å². The number of methoxy groups -OCH3 is 1. The van der Waals surface area contributed by atoms with E-state index in [-0.39, 0.29) is 6.04 Å². The van der Waals surface area contributed by atoms with Gasteiger partial charge < -0.3 is 10.5 Å². The average molecular weight is 289 g/mol. The fourth-order valence-electron chi connectivity index (χ4n) is 1.03. The van der Waals surface area contributed by atoms with Crippen molar-refractivity contribution in [2.45, 2.75) is 6.04 Å². The van der Waals surface area contributed by atoms with Gasteiger partial charge in [0.15, 0.2) is 0 Å². The number of benzene rings is 1. The minimum Gasteiger partial charge on any atom is -0.497 e. The van der Waals surface area contributed by atoms with Gasteiger partial charge in [0.05, 0.1) is 7.11 Å². The van der Waals surface area contributed by atoms with Gasteiger partial charge in [0, 0.05) is 9.61 Å². The molecule has 1 atom stereocenters. The van der Waals surface area contributed by atoms with Gasteiger partial charge in [-0.25, -0.2) is 0 Å². The molecule has 0 bridgehead atoms. The average Bonchev–Trinajstić information content (AvgIpc) is 2.17. The molecule has 0 spiro atoms. The quantitative estimate of drug-likeness (QED) is 0.685. The number of ether oxygens (including phenoxy) is 1. The molecule has 0 aliphatic carbocycles. The SMILES string of the molecule is C=C[C@H](N)c1cc(OC)ccc1I. The highest BCUT2D eigenvalue weighted by molar-refractivity contribution is 14.1. The normalized spacial score (nSPS) is 12.2. The minimum atomic E-state index is -0.123. The lowest BCUT2D eigenvalue weighted by Gasteiger charge is -2.10. The summed E-state index contributed by atoms with van der Waals surface area (Å²) in [6, 6.07) is 5.72. The first-order valence-electron chi connectivity index (χ1n) is 3.90. The lowest BCUT2D eigenvalue weighted by atomic mass is 10.1. The van der Waals surface area contributed by atoms with Crippen LogP contribution < -0.4 is 10.5 Å². The highest BCUT2D eigenvalue weighted by atomic mass is 127. The largest absolute Gasteiger partial charge is 0.497 e. The van der Waals surface area contributed by atoms with E-state index in [1.165, 1.54) is 0 Å². The molecule has 0 aromatic heterocycles. The fourth-order valence-corrected chi connectivity index (χ4v) is 1.73. The zero-order valence-electron chi connectivity index (χ0n) is 7.46. The second kappa shape index (κ2) is 4.62. The van der Waals surface area contributed by atoms with E-state index in [2.05, 4.69) is 29.2 Å². The van der Waals surface area contributed by atoms with Crippen LogP contribution in [0.25, 0.3) is 0 Å². The lowest BCUT2D eigenvalue weighted by molar-refractivity contribution is 0.414. The maximum atomic E-state index is 5.84. The Balaban J connectivity index is 3.10. The molecule has 1 aromatic rings. The Morgan fingerprint density at radius 2 is 2.31 bits per heavy atom. The number of hydrogen-bond donors (Lipinski definition) is 1. The molecule has 0 saturated carbocycles. The van der Waals surface area contributed by atoms with Crippen LogP contribution in [0.3, 0.4) is 0 Å². The molecule has 2 nitrogen and oxygen atoms in total. The van der Waals surface area contributed by atoms with Gasteiger partial charge in [-0.2, -0.15) is 0 Å². The summed E-state index contributed by atoms with van der Waals surface area (Å²) in [7, 11) is 1.64. The molecule has 1 rings (SSSR count). The predicted molar refractivity (Wildman–Crippen MR) is 62.8 cm³/mol. The van der Waals surface area contributed by atoms with E-state index in [0.29, 0.717) is 0 Å². The first kappa shape index (κ1) is 10.5. The number of hydrogen-bond acceptors (Lipinski definition) is 2. The van der Waals surface area contributed by atoms with E-state index < -0.39 is 0 Å². The Bertz CT molecular complexity index is 312. The van der Waals surface area contributed by atoms with Crippen molar-refractivity contribution in [1.82, 2.24) is 0 Å². The summed E-state index contributed by atoms with van der Waals surface area (Å²) in [6.07, 6.45) is 1.72. The second-order valence-corrected chi connectivity index (χ2v) is 3.81. The Hall–Kier alpha value is -0.550. The van der Waals surface area contributed by atoms with Crippen molar-refractivity contribution in [3.05, 3.63) is 40.0 Å². The zero-order chi connectivity index (χ0) is 9.84. The van der Waals surface area contributed by atoms with Gasteiger partial charge >= 0.3 is 0 Å². The summed E-state index contributed by atoms with van der Waals surface area (Å²) < 4.78 is 6.24. The van der Waals surface area contributed by atoms with Crippen LogP contribution in [0.2, 0.25) is 0 Å². The molecule has 0 aliphatic heterocycles. The summed E-state index contributed by atoms with van der Waals surface area (Å²) in [4.78, 5) is 0. The van der Waals surface area contributed by atoms with Gasteiger partial charge in [-0.05, 0) is 46.4 Å². The van der Waals surface area contributed by atoms with Crippen LogP contribution in [0.5, 0.6) is 5.75 Å². The highest BCUT2D eigenvalue weighted by Gasteiger charge is 2.07. The molecule has 2 N–H and O–H groups in total. The van der Waals surface area contributed by atoms with E-state index in [1.807, 2.05) is 18.2 Å². The molecule has 0 radical (unpaired) electrons. The van der Waals surface area contributed by atoms with Gasteiger partial charge in [0.2, 0.25) is 0 Å². The zero-order valence-corrected chi connectivity index (χ0v) is 9.61. The van der Waals surface area contributed by atoms with Gasteiger partial charge in [0.1, 0.15) is 5.75 Å². The molecular formula is C10H12INO. The van der Waals surface area contributed by atoms with E-state index in [1.54, 1.807) is 13.2 Å². The third-order valence-electron chi connectivity index (χ3n) is 1.82. The summed E-state index contributed by atoms with van der Waals surface area (Å²) in [5, 5.41) is 0. The molecular weight excluding hydrogens is 277 g/mol. The fraction of sp³-hybridized carbons (Fsp3) is 0.200. The topological polar surface area (TPSA) is 35.2 Å². The van der Waals surface area contributed by atoms with Crippen molar-refractivity contribution >= 4 is 22.6 Å². The number of rotatable bonds is 3. The van der Waals surface area contributed by atoms with Crippen LogP contribution >= 0.6 is 22.6 Å². The second-order valence-electron chi connectivity index (χ2n) is 2.65. The smallest absolute Gasteiger partial charge is 0.119 e. The summed E-state index contributed by atoms with van der Waals surface area (Å²) >= 11 is 2.25.